The van der Waals surface area contributed by atoms with Crippen molar-refractivity contribution in [2.75, 3.05) is 13.1 Å². The van der Waals surface area contributed by atoms with E-state index in [9.17, 15) is 18.4 Å². The van der Waals surface area contributed by atoms with Crippen LogP contribution in [0.5, 0.6) is 0 Å². The number of benzene rings is 2. The van der Waals surface area contributed by atoms with Gasteiger partial charge < -0.3 is 9.88 Å². The number of aromatic amines is 2. The number of halogens is 2. The van der Waals surface area contributed by atoms with Gasteiger partial charge in [-0.25, -0.2) is 13.9 Å². The number of carbonyl (C=O) groups is 1. The van der Waals surface area contributed by atoms with Crippen molar-refractivity contribution >= 4 is 27.6 Å². The average molecular weight is 408 g/mol. The maximum atomic E-state index is 13.4. The number of nitrogens with one attached hydrogen (secondary N) is 2. The van der Waals surface area contributed by atoms with Gasteiger partial charge in [0.05, 0.1) is 11.6 Å². The summed E-state index contributed by atoms with van der Waals surface area (Å²) in [4.78, 5) is 29.3. The monoisotopic (exact) mass is 408 g/mol. The highest BCUT2D eigenvalue weighted by molar-refractivity contribution is 6.02. The third-order valence-electron chi connectivity index (χ3n) is 5.69. The molecule has 0 radical (unpaired) electrons. The number of amides is 1. The normalized spacial score (nSPS) is 16.3. The van der Waals surface area contributed by atoms with Crippen LogP contribution in [0, 0.1) is 0 Å². The highest BCUT2D eigenvalue weighted by atomic mass is 19.3. The lowest BCUT2D eigenvalue weighted by atomic mass is 10.0. The molecule has 1 aliphatic heterocycles. The van der Waals surface area contributed by atoms with Gasteiger partial charge in [0.1, 0.15) is 0 Å². The number of fused-ring (bicyclic) bond motifs is 2. The molecule has 1 aliphatic rings. The Morgan fingerprint density at radius 1 is 1.07 bits per heavy atom. The minimum atomic E-state index is -2.69. The number of carbonyl (C=O) groups excluding carboxylic acids is 1. The number of rotatable bonds is 2. The van der Waals surface area contributed by atoms with E-state index >= 15 is 0 Å². The van der Waals surface area contributed by atoms with Crippen LogP contribution in [0.3, 0.4) is 0 Å². The fraction of sp³-hybridized carbons (Fsp3) is 0.227. The van der Waals surface area contributed by atoms with Gasteiger partial charge in [-0.1, -0.05) is 12.1 Å². The van der Waals surface area contributed by atoms with E-state index < -0.39 is 5.92 Å². The molecule has 5 rings (SSSR count). The van der Waals surface area contributed by atoms with E-state index in [4.69, 9.17) is 0 Å². The molecule has 30 heavy (non-hydrogen) atoms. The first kappa shape index (κ1) is 18.5. The van der Waals surface area contributed by atoms with Gasteiger partial charge in [-0.15, -0.1) is 0 Å². The largest absolute Gasteiger partial charge is 0.361 e. The minimum Gasteiger partial charge on any atom is -0.361 e. The number of alkyl halides is 2. The summed E-state index contributed by atoms with van der Waals surface area (Å²) >= 11 is 0. The van der Waals surface area contributed by atoms with Crippen LogP contribution in [-0.2, 0) is 0 Å². The molecule has 0 spiro atoms. The zero-order chi connectivity index (χ0) is 20.9. The van der Waals surface area contributed by atoms with Crippen molar-refractivity contribution in [3.05, 3.63) is 64.7 Å². The molecule has 152 valence electrons. The summed E-state index contributed by atoms with van der Waals surface area (Å²) in [7, 11) is 0. The minimum absolute atomic E-state index is 0.0596. The van der Waals surface area contributed by atoms with Crippen LogP contribution in [0.1, 0.15) is 23.2 Å². The lowest BCUT2D eigenvalue weighted by Crippen LogP contribution is -2.42. The van der Waals surface area contributed by atoms with Crippen molar-refractivity contribution in [2.45, 2.75) is 18.8 Å². The Balaban J connectivity index is 1.47. The molecule has 1 amide bonds. The molecule has 0 bridgehead atoms. The third-order valence-corrected chi connectivity index (χ3v) is 5.69. The summed E-state index contributed by atoms with van der Waals surface area (Å²) in [5.74, 6) is -2.92. The molecule has 2 aromatic carbocycles. The van der Waals surface area contributed by atoms with Crippen LogP contribution in [0.2, 0.25) is 0 Å². The van der Waals surface area contributed by atoms with Crippen LogP contribution in [0.4, 0.5) is 8.78 Å². The van der Waals surface area contributed by atoms with Crippen LogP contribution in [-0.4, -0.2) is 45.0 Å². The fourth-order valence-corrected chi connectivity index (χ4v) is 3.98. The third kappa shape index (κ3) is 3.14. The first-order valence-corrected chi connectivity index (χ1v) is 9.67. The average Bonchev–Trinajstić information content (AvgIpc) is 3.16. The highest BCUT2D eigenvalue weighted by Crippen LogP contribution is 2.32. The number of H-pyrrole nitrogens is 2. The van der Waals surface area contributed by atoms with Gasteiger partial charge in [0.15, 0.2) is 0 Å². The maximum absolute atomic E-state index is 13.4. The van der Waals surface area contributed by atoms with Crippen molar-refractivity contribution < 1.29 is 13.6 Å². The van der Waals surface area contributed by atoms with E-state index in [1.165, 1.54) is 4.90 Å². The van der Waals surface area contributed by atoms with Gasteiger partial charge in [-0.2, -0.15) is 5.10 Å². The highest BCUT2D eigenvalue weighted by Gasteiger charge is 2.35. The molecule has 2 aromatic heterocycles. The Labute approximate surface area is 169 Å². The van der Waals surface area contributed by atoms with Gasteiger partial charge >= 0.3 is 0 Å². The van der Waals surface area contributed by atoms with E-state index in [0.717, 1.165) is 27.4 Å². The van der Waals surface area contributed by atoms with Gasteiger partial charge in [0.2, 0.25) is 0 Å². The number of piperidine rings is 1. The smallest absolute Gasteiger partial charge is 0.272 e. The van der Waals surface area contributed by atoms with E-state index in [-0.39, 0.29) is 37.4 Å². The van der Waals surface area contributed by atoms with E-state index in [1.807, 2.05) is 24.4 Å². The summed E-state index contributed by atoms with van der Waals surface area (Å²) in [5.41, 5.74) is 2.86. The van der Waals surface area contributed by atoms with E-state index in [1.54, 1.807) is 24.4 Å². The predicted molar refractivity (Wildman–Crippen MR) is 110 cm³/mol. The second-order valence-corrected chi connectivity index (χ2v) is 7.61. The van der Waals surface area contributed by atoms with Gasteiger partial charge in [-0.3, -0.25) is 9.59 Å². The molecule has 0 atom stereocenters. The quantitative estimate of drug-likeness (QED) is 0.527. The second-order valence-electron chi connectivity index (χ2n) is 7.61. The van der Waals surface area contributed by atoms with Crippen LogP contribution < -0.4 is 5.56 Å². The maximum Gasteiger partial charge on any atom is 0.272 e. The Morgan fingerprint density at radius 3 is 2.63 bits per heavy atom. The molecule has 1 fully saturated rings. The fourth-order valence-electron chi connectivity index (χ4n) is 3.98. The van der Waals surface area contributed by atoms with Crippen LogP contribution in [0.25, 0.3) is 32.8 Å². The molecule has 0 unspecified atom stereocenters. The zero-order valence-corrected chi connectivity index (χ0v) is 15.9. The van der Waals surface area contributed by atoms with Crippen LogP contribution >= 0.6 is 0 Å². The summed E-state index contributed by atoms with van der Waals surface area (Å²) in [6, 6.07) is 10.9. The standard InChI is InChI=1S/C22H18F2N4O2/c23-22(24)5-7-28(8-6-22)21(30)14-2-4-17-18(12-25-19(17)10-14)13-1-3-16-15(9-13)11-26-27-20(16)29/h1-4,9-12,25H,5-8H2,(H,27,29). The van der Waals surface area contributed by atoms with Crippen molar-refractivity contribution in [3.8, 4) is 11.1 Å². The topological polar surface area (TPSA) is 81.8 Å². The van der Waals surface area contributed by atoms with Gasteiger partial charge in [-0.05, 0) is 29.8 Å². The van der Waals surface area contributed by atoms with Crippen molar-refractivity contribution in [2.24, 2.45) is 0 Å². The number of likely N-dealkylation sites (tertiary alicyclic amines) is 1. The molecule has 6 nitrogen and oxygen atoms in total. The molecule has 8 heteroatoms. The lowest BCUT2D eigenvalue weighted by Gasteiger charge is -2.31. The predicted octanol–water partition coefficient (Wildman–Crippen LogP) is 3.94. The molecular weight excluding hydrogens is 390 g/mol. The SMILES string of the molecule is O=C(c1ccc2c(-c3ccc4c(=O)[nH]ncc4c3)c[nH]c2c1)N1CCC(F)(F)CC1. The Bertz CT molecular complexity index is 1330. The Hall–Kier alpha value is -3.55. The molecule has 2 N–H and O–H groups in total. The van der Waals surface area contributed by atoms with E-state index in [2.05, 4.69) is 15.2 Å². The molecule has 1 saturated heterocycles. The summed E-state index contributed by atoms with van der Waals surface area (Å²) in [6.45, 7) is 0.119. The van der Waals surface area contributed by atoms with Crippen molar-refractivity contribution in [3.63, 3.8) is 0 Å². The zero-order valence-electron chi connectivity index (χ0n) is 15.9. The van der Waals surface area contributed by atoms with Crippen LogP contribution in [0.15, 0.2) is 53.6 Å². The summed E-state index contributed by atoms with van der Waals surface area (Å²) in [6.07, 6.45) is 2.86. The van der Waals surface area contributed by atoms with Gasteiger partial charge in [0.25, 0.3) is 17.4 Å². The molecular formula is C22H18F2N4O2. The molecule has 0 saturated carbocycles. The summed E-state index contributed by atoms with van der Waals surface area (Å²) in [5, 5.41) is 8.49. The number of hydrogen-bond acceptors (Lipinski definition) is 3. The first-order valence-electron chi connectivity index (χ1n) is 9.67. The number of aromatic nitrogens is 3. The number of nitrogens with zero attached hydrogens (tertiary/aromatic N) is 2. The molecule has 3 heterocycles. The van der Waals surface area contributed by atoms with Crippen molar-refractivity contribution in [1.29, 1.82) is 0 Å². The van der Waals surface area contributed by atoms with Crippen molar-refractivity contribution in [1.82, 2.24) is 20.1 Å². The van der Waals surface area contributed by atoms with Gasteiger partial charge in [0, 0.05) is 59.5 Å². The second kappa shape index (κ2) is 6.76. The summed E-state index contributed by atoms with van der Waals surface area (Å²) < 4.78 is 26.7. The molecule has 4 aromatic rings. The molecule has 0 aliphatic carbocycles. The number of hydrogen-bond donors (Lipinski definition) is 2. The Kier molecular flexibility index (Phi) is 4.16. The Morgan fingerprint density at radius 2 is 1.83 bits per heavy atom. The van der Waals surface area contributed by atoms with E-state index in [0.29, 0.717) is 10.9 Å². The first-order chi connectivity index (χ1) is 14.4. The lowest BCUT2D eigenvalue weighted by molar-refractivity contribution is -0.0494.